The largest absolute Gasteiger partial charge is 0.222 e. The average Bonchev–Trinajstić information content (AvgIpc) is 2.70. The molecule has 2 aromatic heterocycles. The zero-order valence-electron chi connectivity index (χ0n) is 7.60. The van der Waals surface area contributed by atoms with Gasteiger partial charge in [0.2, 0.25) is 5.69 Å². The number of nitrogens with zero attached hydrogens (tertiary/aromatic N) is 1. The first kappa shape index (κ1) is 8.45. The summed E-state index contributed by atoms with van der Waals surface area (Å²) in [5.74, 6) is 0. The molecule has 0 aliphatic carbocycles. The topological polar surface area (TPSA) is 3.88 Å². The maximum atomic E-state index is 2.26. The Morgan fingerprint density at radius 1 is 1.23 bits per heavy atom. The summed E-state index contributed by atoms with van der Waals surface area (Å²) >= 11 is 1.78. The first-order valence-corrected chi connectivity index (χ1v) is 5.32. The van der Waals surface area contributed by atoms with Crippen molar-refractivity contribution in [1.82, 2.24) is 0 Å². The predicted molar refractivity (Wildman–Crippen MR) is 55.6 cm³/mol. The lowest BCUT2D eigenvalue weighted by Gasteiger charge is -1.97. The maximum Gasteiger partial charge on any atom is 0.222 e. The van der Waals surface area contributed by atoms with Crippen molar-refractivity contribution in [3.8, 4) is 10.6 Å². The molecule has 1 nitrogen and oxygen atoms in total. The summed E-state index contributed by atoms with van der Waals surface area (Å²) in [5.41, 5.74) is 1.31. The number of aryl methyl sites for hydroxylation is 1. The molecule has 0 radical (unpaired) electrons. The van der Waals surface area contributed by atoms with Crippen LogP contribution in [0.5, 0.6) is 0 Å². The van der Waals surface area contributed by atoms with Crippen molar-refractivity contribution in [1.29, 1.82) is 0 Å². The van der Waals surface area contributed by atoms with E-state index in [1.54, 1.807) is 11.3 Å². The van der Waals surface area contributed by atoms with Crippen LogP contribution in [0.4, 0.5) is 0 Å². The standard InChI is InChI=1S/C11H12NS/c1-2-12-8-4-3-6-10(12)11-7-5-9-13-11/h3-9H,2H2,1H3/q+1. The molecule has 0 N–H and O–H groups in total. The van der Waals surface area contributed by atoms with Crippen LogP contribution >= 0.6 is 11.3 Å². The summed E-state index contributed by atoms with van der Waals surface area (Å²) in [5, 5.41) is 2.11. The summed E-state index contributed by atoms with van der Waals surface area (Å²) in [7, 11) is 0. The number of hydrogen-bond donors (Lipinski definition) is 0. The minimum atomic E-state index is 1.02. The number of pyridine rings is 1. The van der Waals surface area contributed by atoms with Gasteiger partial charge in [0.1, 0.15) is 6.54 Å². The Balaban J connectivity index is 2.51. The second kappa shape index (κ2) is 3.71. The van der Waals surface area contributed by atoms with Crippen LogP contribution in [-0.2, 0) is 6.54 Å². The van der Waals surface area contributed by atoms with E-state index in [-0.39, 0.29) is 0 Å². The van der Waals surface area contributed by atoms with E-state index in [1.807, 2.05) is 0 Å². The molecule has 0 amide bonds. The van der Waals surface area contributed by atoms with Gasteiger partial charge in [-0.2, -0.15) is 4.57 Å². The minimum absolute atomic E-state index is 1.02. The molecule has 0 fully saturated rings. The first-order chi connectivity index (χ1) is 6.42. The molecule has 0 spiro atoms. The van der Waals surface area contributed by atoms with Crippen molar-refractivity contribution < 1.29 is 4.57 Å². The molecule has 0 saturated carbocycles. The fourth-order valence-corrected chi connectivity index (χ4v) is 2.17. The normalized spacial score (nSPS) is 10.2. The van der Waals surface area contributed by atoms with Gasteiger partial charge in [-0.25, -0.2) is 0 Å². The Hall–Kier alpha value is -1.15. The average molecular weight is 190 g/mol. The molecule has 0 saturated heterocycles. The summed E-state index contributed by atoms with van der Waals surface area (Å²) in [4.78, 5) is 1.34. The Labute approximate surface area is 82.3 Å². The molecular formula is C11H12NS+. The number of thiophene rings is 1. The van der Waals surface area contributed by atoms with Crippen molar-refractivity contribution in [2.45, 2.75) is 13.5 Å². The minimum Gasteiger partial charge on any atom is -0.198 e. The molecule has 0 aliphatic heterocycles. The zero-order valence-corrected chi connectivity index (χ0v) is 8.42. The van der Waals surface area contributed by atoms with E-state index in [2.05, 4.69) is 53.4 Å². The van der Waals surface area contributed by atoms with E-state index in [0.29, 0.717) is 0 Å². The van der Waals surface area contributed by atoms with Gasteiger partial charge in [0, 0.05) is 12.1 Å². The van der Waals surface area contributed by atoms with Gasteiger partial charge in [-0.3, -0.25) is 0 Å². The summed E-state index contributed by atoms with van der Waals surface area (Å²) in [6.45, 7) is 3.19. The van der Waals surface area contributed by atoms with Crippen LogP contribution in [0, 0.1) is 0 Å². The molecular weight excluding hydrogens is 178 g/mol. The van der Waals surface area contributed by atoms with Gasteiger partial charge in [-0.05, 0) is 24.4 Å². The predicted octanol–water partition coefficient (Wildman–Crippen LogP) is 2.72. The van der Waals surface area contributed by atoms with Crippen LogP contribution in [0.25, 0.3) is 10.6 Å². The van der Waals surface area contributed by atoms with Crippen molar-refractivity contribution in [3.63, 3.8) is 0 Å². The number of aromatic nitrogens is 1. The molecule has 0 atom stereocenters. The molecule has 0 bridgehead atoms. The Bertz CT molecular complexity index is 379. The highest BCUT2D eigenvalue weighted by Gasteiger charge is 2.09. The van der Waals surface area contributed by atoms with Crippen molar-refractivity contribution in [3.05, 3.63) is 41.9 Å². The fourth-order valence-electron chi connectivity index (χ4n) is 1.40. The van der Waals surface area contributed by atoms with Crippen molar-refractivity contribution in [2.75, 3.05) is 0 Å². The quantitative estimate of drug-likeness (QED) is 0.641. The SMILES string of the molecule is CC[n+]1ccccc1-c1cccs1. The molecule has 0 aromatic carbocycles. The van der Waals surface area contributed by atoms with Gasteiger partial charge < -0.3 is 0 Å². The third-order valence-electron chi connectivity index (χ3n) is 2.05. The summed E-state index contributed by atoms with van der Waals surface area (Å²) in [6.07, 6.45) is 2.12. The lowest BCUT2D eigenvalue weighted by atomic mass is 10.3. The van der Waals surface area contributed by atoms with E-state index in [1.165, 1.54) is 10.6 Å². The summed E-state index contributed by atoms with van der Waals surface area (Å²) < 4.78 is 2.26. The third-order valence-corrected chi connectivity index (χ3v) is 2.95. The first-order valence-electron chi connectivity index (χ1n) is 4.44. The van der Waals surface area contributed by atoms with E-state index >= 15 is 0 Å². The monoisotopic (exact) mass is 190 g/mol. The highest BCUT2D eigenvalue weighted by Crippen LogP contribution is 2.20. The maximum absolute atomic E-state index is 2.26. The lowest BCUT2D eigenvalue weighted by Crippen LogP contribution is -2.33. The molecule has 66 valence electrons. The zero-order chi connectivity index (χ0) is 9.10. The van der Waals surface area contributed by atoms with Gasteiger partial charge in [0.25, 0.3) is 0 Å². The van der Waals surface area contributed by atoms with Gasteiger partial charge in [0.05, 0.1) is 4.88 Å². The highest BCUT2D eigenvalue weighted by molar-refractivity contribution is 7.13. The van der Waals surface area contributed by atoms with Gasteiger partial charge >= 0.3 is 0 Å². The number of hydrogen-bond acceptors (Lipinski definition) is 1. The van der Waals surface area contributed by atoms with E-state index in [4.69, 9.17) is 0 Å². The molecule has 2 heterocycles. The third kappa shape index (κ3) is 1.63. The van der Waals surface area contributed by atoms with Crippen molar-refractivity contribution in [2.24, 2.45) is 0 Å². The van der Waals surface area contributed by atoms with Crippen LogP contribution < -0.4 is 4.57 Å². The van der Waals surface area contributed by atoms with E-state index < -0.39 is 0 Å². The van der Waals surface area contributed by atoms with Crippen LogP contribution in [0.15, 0.2) is 41.9 Å². The smallest absolute Gasteiger partial charge is 0.198 e. The Morgan fingerprint density at radius 2 is 2.15 bits per heavy atom. The van der Waals surface area contributed by atoms with Gasteiger partial charge in [-0.1, -0.05) is 6.07 Å². The fraction of sp³-hybridized carbons (Fsp3) is 0.182. The molecule has 13 heavy (non-hydrogen) atoms. The van der Waals surface area contributed by atoms with E-state index in [9.17, 15) is 0 Å². The van der Waals surface area contributed by atoms with Gasteiger partial charge in [0.15, 0.2) is 6.20 Å². The lowest BCUT2D eigenvalue weighted by molar-refractivity contribution is -0.682. The van der Waals surface area contributed by atoms with Crippen LogP contribution in [0.1, 0.15) is 6.92 Å². The van der Waals surface area contributed by atoms with Gasteiger partial charge in [-0.15, -0.1) is 11.3 Å². The molecule has 2 heteroatoms. The molecule has 2 rings (SSSR count). The molecule has 2 aromatic rings. The Kier molecular flexibility index (Phi) is 2.41. The second-order valence-electron chi connectivity index (χ2n) is 2.85. The van der Waals surface area contributed by atoms with Crippen LogP contribution in [0.3, 0.4) is 0 Å². The van der Waals surface area contributed by atoms with Crippen molar-refractivity contribution >= 4 is 11.3 Å². The van der Waals surface area contributed by atoms with Crippen LogP contribution in [0.2, 0.25) is 0 Å². The van der Waals surface area contributed by atoms with Crippen LogP contribution in [-0.4, -0.2) is 0 Å². The number of rotatable bonds is 2. The second-order valence-corrected chi connectivity index (χ2v) is 3.80. The summed E-state index contributed by atoms with van der Waals surface area (Å²) in [6, 6.07) is 10.6. The molecule has 0 unspecified atom stereocenters. The molecule has 0 aliphatic rings. The highest BCUT2D eigenvalue weighted by atomic mass is 32.1. The van der Waals surface area contributed by atoms with E-state index in [0.717, 1.165) is 6.54 Å². The Morgan fingerprint density at radius 3 is 2.85 bits per heavy atom.